The van der Waals surface area contributed by atoms with Crippen LogP contribution in [0.3, 0.4) is 0 Å². The van der Waals surface area contributed by atoms with Crippen LogP contribution in [0.1, 0.15) is 21.9 Å². The third-order valence-electron chi connectivity index (χ3n) is 4.41. The summed E-state index contributed by atoms with van der Waals surface area (Å²) in [5, 5.41) is 0.899. The van der Waals surface area contributed by atoms with Crippen molar-refractivity contribution >= 4 is 35.1 Å². The zero-order valence-corrected chi connectivity index (χ0v) is 17.3. The zero-order chi connectivity index (χ0) is 20.9. The van der Waals surface area contributed by atoms with Gasteiger partial charge in [0.1, 0.15) is 23.9 Å². The monoisotopic (exact) mass is 437 g/mol. The van der Waals surface area contributed by atoms with Gasteiger partial charge in [0.25, 0.3) is 0 Å². The summed E-state index contributed by atoms with van der Waals surface area (Å²) in [4.78, 5) is 12.4. The summed E-state index contributed by atoms with van der Waals surface area (Å²) >= 11 is 11.9. The van der Waals surface area contributed by atoms with Crippen molar-refractivity contribution in [3.05, 3.63) is 112 Å². The number of furan rings is 1. The summed E-state index contributed by atoms with van der Waals surface area (Å²) < 4.78 is 13.3. The number of allylic oxidation sites excluding steroid dienone is 1. The number of carbonyl (C=O) groups excluding carboxylic acids is 1. The van der Waals surface area contributed by atoms with E-state index in [-0.39, 0.29) is 12.4 Å². The number of aromatic nitrogens is 1. The molecule has 0 aliphatic rings. The van der Waals surface area contributed by atoms with Crippen LogP contribution in [0, 0.1) is 0 Å². The predicted octanol–water partition coefficient (Wildman–Crippen LogP) is 6.85. The standard InChI is InChI=1S/C24H17Cl2NO3/c25-22-11-9-20(15-23(22)26)29-16-21-8-7-19(30-21)10-12-24(28)17-3-5-18(6-4-17)27-13-1-2-14-27/h1-15H,16H2/b12-10+. The van der Waals surface area contributed by atoms with E-state index in [9.17, 15) is 4.79 Å². The van der Waals surface area contributed by atoms with Gasteiger partial charge in [-0.15, -0.1) is 0 Å². The molecule has 0 radical (unpaired) electrons. The number of hydrogen-bond acceptors (Lipinski definition) is 3. The van der Waals surface area contributed by atoms with E-state index < -0.39 is 0 Å². The second-order valence-corrected chi connectivity index (χ2v) is 7.32. The van der Waals surface area contributed by atoms with Crippen molar-refractivity contribution in [2.45, 2.75) is 6.61 Å². The summed E-state index contributed by atoms with van der Waals surface area (Å²) in [7, 11) is 0. The lowest BCUT2D eigenvalue weighted by molar-refractivity contribution is 0.104. The maximum absolute atomic E-state index is 12.4. The Bertz CT molecular complexity index is 1180. The molecule has 6 heteroatoms. The molecule has 4 rings (SSSR count). The minimum absolute atomic E-state index is 0.0981. The number of rotatable bonds is 7. The minimum Gasteiger partial charge on any atom is -0.486 e. The molecule has 2 aromatic heterocycles. The maximum atomic E-state index is 12.4. The van der Waals surface area contributed by atoms with Gasteiger partial charge in [0, 0.05) is 29.7 Å². The van der Waals surface area contributed by atoms with E-state index in [0.29, 0.717) is 32.9 Å². The van der Waals surface area contributed by atoms with E-state index in [0.717, 1.165) is 5.69 Å². The summed E-state index contributed by atoms with van der Waals surface area (Å²) in [6.45, 7) is 0.237. The SMILES string of the molecule is O=C(/C=C/c1ccc(COc2ccc(Cl)c(Cl)c2)o1)c1ccc(-n2cccc2)cc1. The van der Waals surface area contributed by atoms with Crippen LogP contribution in [0.25, 0.3) is 11.8 Å². The second kappa shape index (κ2) is 9.08. The summed E-state index contributed by atoms with van der Waals surface area (Å²) in [6, 6.07) is 20.0. The number of carbonyl (C=O) groups is 1. The van der Waals surface area contributed by atoms with E-state index >= 15 is 0 Å². The van der Waals surface area contributed by atoms with Crippen molar-refractivity contribution in [1.29, 1.82) is 0 Å². The lowest BCUT2D eigenvalue weighted by atomic mass is 10.1. The van der Waals surface area contributed by atoms with Crippen LogP contribution in [0.5, 0.6) is 5.75 Å². The van der Waals surface area contributed by atoms with Gasteiger partial charge in [-0.25, -0.2) is 0 Å². The average molecular weight is 438 g/mol. The minimum atomic E-state index is -0.0981. The maximum Gasteiger partial charge on any atom is 0.185 e. The first-order valence-electron chi connectivity index (χ1n) is 9.21. The molecule has 0 fully saturated rings. The molecule has 2 aromatic carbocycles. The largest absolute Gasteiger partial charge is 0.486 e. The molecule has 0 saturated carbocycles. The van der Waals surface area contributed by atoms with Crippen LogP contribution >= 0.6 is 23.2 Å². The number of benzene rings is 2. The van der Waals surface area contributed by atoms with Crippen molar-refractivity contribution in [3.63, 3.8) is 0 Å². The average Bonchev–Trinajstić information content (AvgIpc) is 3.45. The molecule has 0 unspecified atom stereocenters. The number of hydrogen-bond donors (Lipinski definition) is 0. The molecule has 0 aliphatic heterocycles. The molecule has 4 aromatic rings. The highest BCUT2D eigenvalue weighted by Gasteiger charge is 2.06. The molecule has 0 atom stereocenters. The van der Waals surface area contributed by atoms with Gasteiger partial charge in [0.2, 0.25) is 0 Å². The fourth-order valence-electron chi connectivity index (χ4n) is 2.84. The van der Waals surface area contributed by atoms with Gasteiger partial charge >= 0.3 is 0 Å². The number of nitrogens with zero attached hydrogens (tertiary/aromatic N) is 1. The molecule has 150 valence electrons. The quantitative estimate of drug-likeness (QED) is 0.234. The Hall–Kier alpha value is -3.21. The first-order valence-corrected chi connectivity index (χ1v) is 9.96. The van der Waals surface area contributed by atoms with Gasteiger partial charge in [-0.2, -0.15) is 0 Å². The van der Waals surface area contributed by atoms with Crippen LogP contribution in [-0.4, -0.2) is 10.4 Å². The highest BCUT2D eigenvalue weighted by Crippen LogP contribution is 2.27. The van der Waals surface area contributed by atoms with E-state index in [1.807, 2.05) is 41.2 Å². The van der Waals surface area contributed by atoms with Crippen molar-refractivity contribution in [3.8, 4) is 11.4 Å². The Kier molecular flexibility index (Phi) is 6.07. The van der Waals surface area contributed by atoms with Crippen molar-refractivity contribution < 1.29 is 13.9 Å². The molecule has 0 saturated heterocycles. The number of ketones is 1. The Morgan fingerprint density at radius 3 is 2.47 bits per heavy atom. The highest BCUT2D eigenvalue weighted by molar-refractivity contribution is 6.42. The van der Waals surface area contributed by atoms with Gasteiger partial charge < -0.3 is 13.7 Å². The molecular weight excluding hydrogens is 421 g/mol. The number of halogens is 2. The molecule has 30 heavy (non-hydrogen) atoms. The van der Waals surface area contributed by atoms with Gasteiger partial charge in [-0.3, -0.25) is 4.79 Å². The molecule has 4 nitrogen and oxygen atoms in total. The van der Waals surface area contributed by atoms with Crippen LogP contribution in [0.2, 0.25) is 10.0 Å². The normalized spacial score (nSPS) is 11.1. The first kappa shape index (κ1) is 20.1. The van der Waals surface area contributed by atoms with Crippen LogP contribution in [-0.2, 0) is 6.61 Å². The fraction of sp³-hybridized carbons (Fsp3) is 0.0417. The molecule has 2 heterocycles. The van der Waals surface area contributed by atoms with Crippen molar-refractivity contribution in [2.75, 3.05) is 0 Å². The van der Waals surface area contributed by atoms with E-state index in [4.69, 9.17) is 32.4 Å². The molecule has 0 bridgehead atoms. The fourth-order valence-corrected chi connectivity index (χ4v) is 3.13. The van der Waals surface area contributed by atoms with E-state index in [1.165, 1.54) is 6.08 Å². The smallest absolute Gasteiger partial charge is 0.185 e. The van der Waals surface area contributed by atoms with Gasteiger partial charge in [-0.1, -0.05) is 23.2 Å². The first-order chi connectivity index (χ1) is 14.6. The van der Waals surface area contributed by atoms with Crippen LogP contribution < -0.4 is 4.74 Å². The molecular formula is C24H17Cl2NO3. The molecule has 0 amide bonds. The topological polar surface area (TPSA) is 44.4 Å². The molecule has 0 aliphatic carbocycles. The Morgan fingerprint density at radius 2 is 1.73 bits per heavy atom. The van der Waals surface area contributed by atoms with E-state index in [1.54, 1.807) is 48.5 Å². The lowest BCUT2D eigenvalue weighted by Gasteiger charge is -2.05. The lowest BCUT2D eigenvalue weighted by Crippen LogP contribution is -1.96. The van der Waals surface area contributed by atoms with Gasteiger partial charge in [0.05, 0.1) is 10.0 Å². The molecule has 0 N–H and O–H groups in total. The van der Waals surface area contributed by atoms with Crippen LogP contribution in [0.4, 0.5) is 0 Å². The van der Waals surface area contributed by atoms with Gasteiger partial charge in [-0.05, 0) is 72.8 Å². The number of ether oxygens (including phenoxy) is 1. The summed E-state index contributed by atoms with van der Waals surface area (Å²) in [5.74, 6) is 1.69. The molecule has 0 spiro atoms. The summed E-state index contributed by atoms with van der Waals surface area (Å²) in [5.41, 5.74) is 1.61. The highest BCUT2D eigenvalue weighted by atomic mass is 35.5. The predicted molar refractivity (Wildman–Crippen MR) is 119 cm³/mol. The van der Waals surface area contributed by atoms with Crippen LogP contribution in [0.15, 0.2) is 89.6 Å². The third kappa shape index (κ3) is 4.85. The Labute approximate surface area is 183 Å². The Morgan fingerprint density at radius 1 is 0.967 bits per heavy atom. The second-order valence-electron chi connectivity index (χ2n) is 6.50. The third-order valence-corrected chi connectivity index (χ3v) is 5.15. The van der Waals surface area contributed by atoms with Crippen molar-refractivity contribution in [2.24, 2.45) is 0 Å². The van der Waals surface area contributed by atoms with E-state index in [2.05, 4.69) is 0 Å². The Balaban J connectivity index is 1.35. The summed E-state index contributed by atoms with van der Waals surface area (Å²) in [6.07, 6.45) is 7.05. The zero-order valence-electron chi connectivity index (χ0n) is 15.8. The van der Waals surface area contributed by atoms with Crippen molar-refractivity contribution in [1.82, 2.24) is 4.57 Å². The van der Waals surface area contributed by atoms with Gasteiger partial charge in [0.15, 0.2) is 5.78 Å².